The second-order valence-corrected chi connectivity index (χ2v) is 12.0. The number of allylic oxidation sites excluding steroid dienone is 3. The second kappa shape index (κ2) is 9.29. The van der Waals surface area contributed by atoms with E-state index in [-0.39, 0.29) is 0 Å². The maximum absolute atomic E-state index is 10.2. The van der Waals surface area contributed by atoms with Gasteiger partial charge in [-0.05, 0) is 95.3 Å². The molecule has 0 amide bonds. The van der Waals surface area contributed by atoms with Crippen molar-refractivity contribution in [2.75, 3.05) is 0 Å². The number of fused-ring (bicyclic) bond motifs is 1. The summed E-state index contributed by atoms with van der Waals surface area (Å²) in [6, 6.07) is 0. The van der Waals surface area contributed by atoms with Crippen molar-refractivity contribution in [1.82, 2.24) is 0 Å². The van der Waals surface area contributed by atoms with E-state index in [9.17, 15) is 20.4 Å². The van der Waals surface area contributed by atoms with E-state index in [2.05, 4.69) is 26.0 Å². The van der Waals surface area contributed by atoms with Gasteiger partial charge in [0.15, 0.2) is 0 Å². The average Bonchev–Trinajstić information content (AvgIpc) is 3.01. The molecule has 3 aliphatic carbocycles. The van der Waals surface area contributed by atoms with Crippen molar-refractivity contribution in [2.45, 2.75) is 122 Å². The summed E-state index contributed by atoms with van der Waals surface area (Å²) in [5.74, 6) is 2.05. The van der Waals surface area contributed by atoms with Crippen molar-refractivity contribution in [2.24, 2.45) is 23.2 Å². The van der Waals surface area contributed by atoms with E-state index in [1.807, 2.05) is 13.8 Å². The molecule has 4 N–H and O–H groups in total. The molecule has 0 radical (unpaired) electrons. The Kier molecular flexibility index (Phi) is 7.48. The SMILES string of the molecule is C[C@@H](CCCC(C)(C)O)C1CCC2/C(=C/C=C3C[C@@H](O)C(C)(O)[C@H](O)C3)CCCC21C. The molecule has 0 spiro atoms. The Labute approximate surface area is 189 Å². The number of hydrogen-bond donors (Lipinski definition) is 4. The summed E-state index contributed by atoms with van der Waals surface area (Å²) in [6.07, 6.45) is 12.8. The molecule has 178 valence electrons. The van der Waals surface area contributed by atoms with Crippen LogP contribution in [0.2, 0.25) is 0 Å². The summed E-state index contributed by atoms with van der Waals surface area (Å²) < 4.78 is 0. The normalized spacial score (nSPS) is 41.3. The van der Waals surface area contributed by atoms with Gasteiger partial charge in [0.1, 0.15) is 5.60 Å². The molecule has 0 heterocycles. The molecule has 6 atom stereocenters. The van der Waals surface area contributed by atoms with E-state index in [4.69, 9.17) is 0 Å². The Morgan fingerprint density at radius 1 is 1.10 bits per heavy atom. The quantitative estimate of drug-likeness (QED) is 0.479. The van der Waals surface area contributed by atoms with E-state index in [0.717, 1.165) is 30.8 Å². The second-order valence-electron chi connectivity index (χ2n) is 12.0. The molecular formula is C27H46O4. The Morgan fingerprint density at radius 2 is 1.74 bits per heavy atom. The number of rotatable bonds is 6. The highest BCUT2D eigenvalue weighted by Crippen LogP contribution is 2.60. The summed E-state index contributed by atoms with van der Waals surface area (Å²) in [4.78, 5) is 0. The standard InChI is InChI=1S/C27H46O4/c1-18(8-6-14-25(2,3)30)21-12-13-22-20(9-7-15-26(21,22)4)11-10-19-16-23(28)27(5,31)24(29)17-19/h10-11,18,21-24,28-31H,6-9,12-17H2,1-5H3/b19-10?,20-11+/t18-,21?,22?,23+,24+,26?,27?/m0/s1. The van der Waals surface area contributed by atoms with Crippen molar-refractivity contribution in [1.29, 1.82) is 0 Å². The molecule has 31 heavy (non-hydrogen) atoms. The fourth-order valence-corrected chi connectivity index (χ4v) is 6.85. The minimum Gasteiger partial charge on any atom is -0.390 e. The van der Waals surface area contributed by atoms with Gasteiger partial charge in [-0.1, -0.05) is 50.0 Å². The zero-order valence-corrected chi connectivity index (χ0v) is 20.4. The summed E-state index contributed by atoms with van der Waals surface area (Å²) in [5.41, 5.74) is 0.929. The van der Waals surface area contributed by atoms with E-state index in [1.165, 1.54) is 44.6 Å². The topological polar surface area (TPSA) is 80.9 Å². The van der Waals surface area contributed by atoms with Crippen molar-refractivity contribution in [3.63, 3.8) is 0 Å². The Balaban J connectivity index is 1.68. The summed E-state index contributed by atoms with van der Waals surface area (Å²) in [6.45, 7) is 10.3. The van der Waals surface area contributed by atoms with Gasteiger partial charge in [0.25, 0.3) is 0 Å². The minimum atomic E-state index is -1.42. The molecule has 3 unspecified atom stereocenters. The number of hydrogen-bond acceptors (Lipinski definition) is 4. The third-order valence-corrected chi connectivity index (χ3v) is 8.97. The third kappa shape index (κ3) is 5.46. The summed E-state index contributed by atoms with van der Waals surface area (Å²) >= 11 is 0. The highest BCUT2D eigenvalue weighted by atomic mass is 16.4. The average molecular weight is 435 g/mol. The van der Waals surface area contributed by atoms with Crippen molar-refractivity contribution < 1.29 is 20.4 Å². The number of aliphatic hydroxyl groups excluding tert-OH is 2. The molecule has 3 fully saturated rings. The lowest BCUT2D eigenvalue weighted by molar-refractivity contribution is -0.144. The van der Waals surface area contributed by atoms with Crippen LogP contribution in [-0.4, -0.2) is 43.8 Å². The van der Waals surface area contributed by atoms with Crippen LogP contribution >= 0.6 is 0 Å². The third-order valence-electron chi connectivity index (χ3n) is 8.97. The van der Waals surface area contributed by atoms with Crippen LogP contribution < -0.4 is 0 Å². The lowest BCUT2D eigenvalue weighted by Gasteiger charge is -2.44. The lowest BCUT2D eigenvalue weighted by atomic mass is 9.60. The van der Waals surface area contributed by atoms with Crippen LogP contribution in [0.3, 0.4) is 0 Å². The van der Waals surface area contributed by atoms with Gasteiger partial charge >= 0.3 is 0 Å². The van der Waals surface area contributed by atoms with E-state index in [1.54, 1.807) is 0 Å². The first-order chi connectivity index (χ1) is 14.3. The van der Waals surface area contributed by atoms with Crippen LogP contribution in [0.25, 0.3) is 0 Å². The van der Waals surface area contributed by atoms with Gasteiger partial charge < -0.3 is 20.4 Å². The molecule has 0 aliphatic heterocycles. The molecule has 3 saturated carbocycles. The van der Waals surface area contributed by atoms with Crippen LogP contribution in [0.15, 0.2) is 23.3 Å². The predicted octanol–water partition coefficient (Wildman–Crippen LogP) is 4.90. The van der Waals surface area contributed by atoms with E-state index >= 15 is 0 Å². The maximum atomic E-state index is 10.2. The molecule has 0 saturated heterocycles. The Hall–Kier alpha value is -0.680. The highest BCUT2D eigenvalue weighted by molar-refractivity contribution is 5.27. The first kappa shape index (κ1) is 25.0. The van der Waals surface area contributed by atoms with Crippen LogP contribution in [0.4, 0.5) is 0 Å². The van der Waals surface area contributed by atoms with E-state index < -0.39 is 23.4 Å². The fourth-order valence-electron chi connectivity index (χ4n) is 6.85. The van der Waals surface area contributed by atoms with Crippen LogP contribution in [0, 0.1) is 23.2 Å². The van der Waals surface area contributed by atoms with Gasteiger partial charge in [-0.15, -0.1) is 0 Å². The number of aliphatic hydroxyl groups is 4. The van der Waals surface area contributed by atoms with Gasteiger partial charge in [0, 0.05) is 0 Å². The molecule has 0 aromatic carbocycles. The van der Waals surface area contributed by atoms with Gasteiger partial charge in [0.05, 0.1) is 17.8 Å². The Bertz CT molecular complexity index is 670. The molecule has 0 aromatic heterocycles. The Morgan fingerprint density at radius 3 is 2.35 bits per heavy atom. The van der Waals surface area contributed by atoms with Gasteiger partial charge in [0.2, 0.25) is 0 Å². The minimum absolute atomic E-state index is 0.353. The van der Waals surface area contributed by atoms with Crippen LogP contribution in [-0.2, 0) is 0 Å². The van der Waals surface area contributed by atoms with Crippen LogP contribution in [0.1, 0.15) is 98.8 Å². The largest absolute Gasteiger partial charge is 0.390 e. The monoisotopic (exact) mass is 434 g/mol. The molecule has 0 aromatic rings. The van der Waals surface area contributed by atoms with Crippen molar-refractivity contribution in [3.8, 4) is 0 Å². The molecule has 3 aliphatic rings. The highest BCUT2D eigenvalue weighted by Gasteiger charge is 2.50. The zero-order chi connectivity index (χ0) is 23.0. The van der Waals surface area contributed by atoms with Gasteiger partial charge in [-0.2, -0.15) is 0 Å². The fraction of sp³-hybridized carbons (Fsp3) is 0.852. The molecular weight excluding hydrogens is 388 g/mol. The van der Waals surface area contributed by atoms with Gasteiger partial charge in [-0.25, -0.2) is 0 Å². The molecule has 3 rings (SSSR count). The van der Waals surface area contributed by atoms with Crippen molar-refractivity contribution >= 4 is 0 Å². The van der Waals surface area contributed by atoms with Crippen molar-refractivity contribution in [3.05, 3.63) is 23.3 Å². The smallest absolute Gasteiger partial charge is 0.114 e. The molecule has 4 heteroatoms. The van der Waals surface area contributed by atoms with Crippen LogP contribution in [0.5, 0.6) is 0 Å². The zero-order valence-electron chi connectivity index (χ0n) is 20.4. The molecule has 4 nitrogen and oxygen atoms in total. The summed E-state index contributed by atoms with van der Waals surface area (Å²) in [5, 5.41) is 40.7. The van der Waals surface area contributed by atoms with E-state index in [0.29, 0.717) is 30.1 Å². The first-order valence-electron chi connectivity index (χ1n) is 12.5. The summed E-state index contributed by atoms with van der Waals surface area (Å²) in [7, 11) is 0. The predicted molar refractivity (Wildman–Crippen MR) is 126 cm³/mol. The first-order valence-corrected chi connectivity index (χ1v) is 12.5. The lowest BCUT2D eigenvalue weighted by Crippen LogP contribution is -2.52. The van der Waals surface area contributed by atoms with Gasteiger partial charge in [-0.3, -0.25) is 0 Å². The maximum Gasteiger partial charge on any atom is 0.114 e. The molecule has 0 bridgehead atoms.